The third-order valence-corrected chi connectivity index (χ3v) is 5.80. The molecule has 2 N–H and O–H groups in total. The molecule has 0 amide bonds. The SMILES string of the molecule is CCNC(=NCC1CN2CCN1CC2)NC(C)c1cc2cccc(OCC)c2o1. The van der Waals surface area contributed by atoms with Gasteiger partial charge < -0.3 is 19.8 Å². The number of hydrogen-bond acceptors (Lipinski definition) is 5. The van der Waals surface area contributed by atoms with E-state index in [9.17, 15) is 0 Å². The van der Waals surface area contributed by atoms with E-state index in [0.717, 1.165) is 48.1 Å². The van der Waals surface area contributed by atoms with Crippen molar-refractivity contribution in [2.45, 2.75) is 32.9 Å². The van der Waals surface area contributed by atoms with Crippen molar-refractivity contribution in [2.24, 2.45) is 4.99 Å². The lowest BCUT2D eigenvalue weighted by Crippen LogP contribution is -2.62. The number of nitrogens with zero attached hydrogens (tertiary/aromatic N) is 3. The van der Waals surface area contributed by atoms with E-state index in [1.807, 2.05) is 19.1 Å². The summed E-state index contributed by atoms with van der Waals surface area (Å²) in [7, 11) is 0. The van der Waals surface area contributed by atoms with Crippen LogP contribution in [0.15, 0.2) is 33.7 Å². The average molecular weight is 400 g/mol. The molecule has 2 unspecified atom stereocenters. The Morgan fingerprint density at radius 3 is 2.79 bits per heavy atom. The number of rotatable bonds is 7. The highest BCUT2D eigenvalue weighted by atomic mass is 16.5. The number of fused-ring (bicyclic) bond motifs is 4. The molecule has 2 aromatic rings. The van der Waals surface area contributed by atoms with Gasteiger partial charge in [0.2, 0.25) is 0 Å². The van der Waals surface area contributed by atoms with Crippen LogP contribution in [0.3, 0.4) is 0 Å². The lowest BCUT2D eigenvalue weighted by molar-refractivity contribution is 0.0174. The summed E-state index contributed by atoms with van der Waals surface area (Å²) >= 11 is 0. The molecule has 3 saturated heterocycles. The quantitative estimate of drug-likeness (QED) is 0.551. The van der Waals surface area contributed by atoms with E-state index >= 15 is 0 Å². The van der Waals surface area contributed by atoms with Crippen LogP contribution in [-0.4, -0.2) is 74.2 Å². The van der Waals surface area contributed by atoms with Crippen LogP contribution in [0.4, 0.5) is 0 Å². The van der Waals surface area contributed by atoms with Gasteiger partial charge >= 0.3 is 0 Å². The number of furan rings is 1. The molecule has 158 valence electrons. The standard InChI is InChI=1S/C22H33N5O2/c1-4-23-22(24-14-18-15-26-9-11-27(18)12-10-26)25-16(3)20-13-17-7-6-8-19(28-5-2)21(17)29-20/h6-8,13,16,18H,4-5,9-12,14-15H2,1-3H3,(H2,23,24,25). The Labute approximate surface area is 173 Å². The highest BCUT2D eigenvalue weighted by Gasteiger charge is 2.31. The Balaban J connectivity index is 1.45. The molecule has 2 bridgehead atoms. The summed E-state index contributed by atoms with van der Waals surface area (Å²) < 4.78 is 11.8. The van der Waals surface area contributed by atoms with Gasteiger partial charge in [-0.2, -0.15) is 0 Å². The Hall–Kier alpha value is -2.25. The predicted octanol–water partition coefficient (Wildman–Crippen LogP) is 2.45. The first kappa shape index (κ1) is 20.0. The maximum absolute atomic E-state index is 6.14. The molecule has 3 fully saturated rings. The molecule has 2 atom stereocenters. The molecule has 0 aliphatic carbocycles. The predicted molar refractivity (Wildman–Crippen MR) is 117 cm³/mol. The third-order valence-electron chi connectivity index (χ3n) is 5.80. The molecule has 29 heavy (non-hydrogen) atoms. The summed E-state index contributed by atoms with van der Waals surface area (Å²) in [4.78, 5) is 10.0. The molecular weight excluding hydrogens is 366 g/mol. The van der Waals surface area contributed by atoms with Crippen molar-refractivity contribution in [3.05, 3.63) is 30.0 Å². The van der Waals surface area contributed by atoms with Gasteiger partial charge in [0.1, 0.15) is 5.76 Å². The van der Waals surface area contributed by atoms with Crippen LogP contribution in [0.2, 0.25) is 0 Å². The molecule has 5 rings (SSSR count). The van der Waals surface area contributed by atoms with Crippen LogP contribution >= 0.6 is 0 Å². The summed E-state index contributed by atoms with van der Waals surface area (Å²) in [6.45, 7) is 14.3. The second-order valence-electron chi connectivity index (χ2n) is 7.83. The van der Waals surface area contributed by atoms with E-state index in [1.165, 1.54) is 26.2 Å². The van der Waals surface area contributed by atoms with Gasteiger partial charge in [-0.3, -0.25) is 14.8 Å². The lowest BCUT2D eigenvalue weighted by Gasteiger charge is -2.47. The van der Waals surface area contributed by atoms with Crippen molar-refractivity contribution in [2.75, 3.05) is 52.4 Å². The van der Waals surface area contributed by atoms with Crippen LogP contribution < -0.4 is 15.4 Å². The normalized spacial score (nSPS) is 25.2. The van der Waals surface area contributed by atoms with E-state index in [0.29, 0.717) is 12.6 Å². The molecule has 3 aliphatic rings. The van der Waals surface area contributed by atoms with E-state index < -0.39 is 0 Å². The summed E-state index contributed by atoms with van der Waals surface area (Å²) in [6, 6.07) is 8.60. The van der Waals surface area contributed by atoms with E-state index in [-0.39, 0.29) is 6.04 Å². The number of nitrogens with one attached hydrogen (secondary N) is 2. The zero-order valence-electron chi connectivity index (χ0n) is 17.8. The van der Waals surface area contributed by atoms with E-state index in [4.69, 9.17) is 14.1 Å². The van der Waals surface area contributed by atoms with Gasteiger partial charge in [-0.1, -0.05) is 12.1 Å². The molecule has 4 heterocycles. The Morgan fingerprint density at radius 2 is 2.10 bits per heavy atom. The molecule has 7 heteroatoms. The van der Waals surface area contributed by atoms with Gasteiger partial charge in [0.25, 0.3) is 0 Å². The minimum atomic E-state index is 0.00143. The van der Waals surface area contributed by atoms with Crippen LogP contribution in [0.25, 0.3) is 11.0 Å². The number of para-hydroxylation sites is 1. The smallest absolute Gasteiger partial charge is 0.191 e. The highest BCUT2D eigenvalue weighted by Crippen LogP contribution is 2.31. The maximum atomic E-state index is 6.14. The molecule has 1 aromatic carbocycles. The second kappa shape index (κ2) is 9.05. The van der Waals surface area contributed by atoms with Crippen molar-refractivity contribution in [1.82, 2.24) is 20.4 Å². The van der Waals surface area contributed by atoms with Crippen molar-refractivity contribution in [3.8, 4) is 5.75 Å². The van der Waals surface area contributed by atoms with Crippen molar-refractivity contribution in [1.29, 1.82) is 0 Å². The van der Waals surface area contributed by atoms with Gasteiger partial charge in [-0.05, 0) is 32.9 Å². The fourth-order valence-corrected chi connectivity index (χ4v) is 4.23. The van der Waals surface area contributed by atoms with Crippen LogP contribution in [-0.2, 0) is 0 Å². The zero-order valence-corrected chi connectivity index (χ0v) is 17.8. The van der Waals surface area contributed by atoms with Crippen molar-refractivity contribution >= 4 is 16.9 Å². The first-order chi connectivity index (χ1) is 14.2. The Kier molecular flexibility index (Phi) is 6.25. The summed E-state index contributed by atoms with van der Waals surface area (Å²) in [5, 5.41) is 7.93. The van der Waals surface area contributed by atoms with Crippen LogP contribution in [0.1, 0.15) is 32.6 Å². The first-order valence-electron chi connectivity index (χ1n) is 10.8. The van der Waals surface area contributed by atoms with Crippen molar-refractivity contribution < 1.29 is 9.15 Å². The fourth-order valence-electron chi connectivity index (χ4n) is 4.23. The molecule has 0 radical (unpaired) electrons. The van der Waals surface area contributed by atoms with E-state index in [1.54, 1.807) is 0 Å². The average Bonchev–Trinajstić information content (AvgIpc) is 3.19. The number of aliphatic imine (C=N–C) groups is 1. The third kappa shape index (κ3) is 4.51. The largest absolute Gasteiger partial charge is 0.490 e. The minimum Gasteiger partial charge on any atom is -0.490 e. The first-order valence-corrected chi connectivity index (χ1v) is 10.8. The van der Waals surface area contributed by atoms with Gasteiger partial charge in [0, 0.05) is 50.7 Å². The van der Waals surface area contributed by atoms with Crippen molar-refractivity contribution in [3.63, 3.8) is 0 Å². The number of benzene rings is 1. The maximum Gasteiger partial charge on any atom is 0.191 e. The highest BCUT2D eigenvalue weighted by molar-refractivity contribution is 5.84. The van der Waals surface area contributed by atoms with Gasteiger partial charge in [-0.15, -0.1) is 0 Å². The molecule has 3 aliphatic heterocycles. The van der Waals surface area contributed by atoms with E-state index in [2.05, 4.69) is 46.4 Å². The van der Waals surface area contributed by atoms with Gasteiger partial charge in [-0.25, -0.2) is 0 Å². The lowest BCUT2D eigenvalue weighted by atomic mass is 10.1. The number of ether oxygens (including phenoxy) is 1. The van der Waals surface area contributed by atoms with Gasteiger partial charge in [0.05, 0.1) is 19.2 Å². The fraction of sp³-hybridized carbons (Fsp3) is 0.591. The molecule has 7 nitrogen and oxygen atoms in total. The van der Waals surface area contributed by atoms with Gasteiger partial charge in [0.15, 0.2) is 17.3 Å². The number of guanidine groups is 1. The molecule has 0 saturated carbocycles. The summed E-state index contributed by atoms with van der Waals surface area (Å²) in [5.41, 5.74) is 0.806. The molecule has 0 spiro atoms. The monoisotopic (exact) mass is 399 g/mol. The number of hydrogen-bond donors (Lipinski definition) is 2. The summed E-state index contributed by atoms with van der Waals surface area (Å²) in [5.74, 6) is 2.51. The minimum absolute atomic E-state index is 0.00143. The summed E-state index contributed by atoms with van der Waals surface area (Å²) in [6.07, 6.45) is 0. The molecule has 1 aromatic heterocycles. The second-order valence-corrected chi connectivity index (χ2v) is 7.83. The van der Waals surface area contributed by atoms with Crippen LogP contribution in [0.5, 0.6) is 5.75 Å². The zero-order chi connectivity index (χ0) is 20.2. The topological polar surface area (TPSA) is 65.3 Å². The Bertz CT molecular complexity index is 841. The van der Waals surface area contributed by atoms with Crippen LogP contribution in [0, 0.1) is 0 Å². The number of piperazine rings is 3. The Morgan fingerprint density at radius 1 is 1.28 bits per heavy atom. The molecular formula is C22H33N5O2.